The lowest BCUT2D eigenvalue weighted by Gasteiger charge is -2.61. The SMILES string of the molecule is CN(C(=O)CCOCCOCCNc1cccc2c1C(=O)N(C1CCC(=O)NC1=O)C2=O)[C@H]1CC[C@]2(C)C3CC[C@]4(C)[C@@H](c5ccc6ccncc6c5)CC[C@H]4C3CC[C@H]2C1. The number of hydrogen-bond acceptors (Lipinski definition) is 9. The molecule has 9 rings (SSSR count). The van der Waals surface area contributed by atoms with Crippen LogP contribution in [-0.2, 0) is 23.9 Å². The molecular weight excluding hydrogens is 771 g/mol. The number of nitrogens with zero attached hydrogens (tertiary/aromatic N) is 3. The first-order chi connectivity index (χ1) is 29.5. The maximum absolute atomic E-state index is 13.4. The zero-order valence-electron chi connectivity index (χ0n) is 36.0. The minimum Gasteiger partial charge on any atom is -0.382 e. The van der Waals surface area contributed by atoms with Gasteiger partial charge in [0.05, 0.1) is 44.0 Å². The molecule has 5 fully saturated rings. The van der Waals surface area contributed by atoms with E-state index in [-0.39, 0.29) is 35.9 Å². The van der Waals surface area contributed by atoms with Gasteiger partial charge in [-0.3, -0.25) is 39.2 Å². The number of amides is 5. The average molecular weight is 832 g/mol. The highest BCUT2D eigenvalue weighted by Gasteiger charge is 2.60. The van der Waals surface area contributed by atoms with Crippen molar-refractivity contribution in [2.24, 2.45) is 34.5 Å². The number of nitrogens with one attached hydrogen (secondary N) is 2. The number of carbonyl (C=O) groups excluding carboxylic acids is 5. The average Bonchev–Trinajstić information content (AvgIpc) is 3.75. The fraction of sp³-hybridized carbons (Fsp3) is 0.592. The summed E-state index contributed by atoms with van der Waals surface area (Å²) < 4.78 is 11.5. The van der Waals surface area contributed by atoms with Gasteiger partial charge in [-0.1, -0.05) is 32.0 Å². The van der Waals surface area contributed by atoms with E-state index < -0.39 is 29.7 Å². The van der Waals surface area contributed by atoms with E-state index in [2.05, 4.69) is 53.7 Å². The molecule has 1 saturated heterocycles. The Kier molecular flexibility index (Phi) is 11.5. The number of hydrogen-bond donors (Lipinski definition) is 2. The molecule has 3 aromatic rings. The molecule has 1 aromatic heterocycles. The fourth-order valence-electron chi connectivity index (χ4n) is 13.2. The lowest BCUT2D eigenvalue weighted by Crippen LogP contribution is -2.55. The van der Waals surface area contributed by atoms with Crippen LogP contribution in [-0.4, -0.2) is 96.4 Å². The summed E-state index contributed by atoms with van der Waals surface area (Å²) in [4.78, 5) is 71.2. The van der Waals surface area contributed by atoms with Gasteiger partial charge in [0.25, 0.3) is 11.8 Å². The first-order valence-corrected chi connectivity index (χ1v) is 22.8. The normalized spacial score (nSPS) is 31.9. The van der Waals surface area contributed by atoms with Gasteiger partial charge in [0, 0.05) is 49.5 Å². The van der Waals surface area contributed by atoms with Gasteiger partial charge in [-0.15, -0.1) is 0 Å². The van der Waals surface area contributed by atoms with Crippen LogP contribution in [0, 0.1) is 34.5 Å². The summed E-state index contributed by atoms with van der Waals surface area (Å²) in [5.74, 6) is 1.67. The molecule has 61 heavy (non-hydrogen) atoms. The van der Waals surface area contributed by atoms with Crippen LogP contribution in [0.5, 0.6) is 0 Å². The lowest BCUT2D eigenvalue weighted by molar-refractivity contribution is -0.141. The summed E-state index contributed by atoms with van der Waals surface area (Å²) in [6, 6.07) is 13.5. The molecule has 12 nitrogen and oxygen atoms in total. The van der Waals surface area contributed by atoms with Crippen molar-refractivity contribution in [3.8, 4) is 0 Å². The van der Waals surface area contributed by atoms with Crippen LogP contribution < -0.4 is 10.6 Å². The van der Waals surface area contributed by atoms with Crippen LogP contribution in [0.4, 0.5) is 5.69 Å². The van der Waals surface area contributed by atoms with Gasteiger partial charge in [0.2, 0.25) is 17.7 Å². The molecule has 6 aliphatic rings. The molecule has 3 unspecified atom stereocenters. The zero-order chi connectivity index (χ0) is 42.5. The molecule has 5 amide bonds. The van der Waals surface area contributed by atoms with E-state index >= 15 is 0 Å². The van der Waals surface area contributed by atoms with E-state index in [1.54, 1.807) is 18.2 Å². The summed E-state index contributed by atoms with van der Waals surface area (Å²) in [6.07, 6.45) is 15.7. The number of fused-ring (bicyclic) bond motifs is 7. The van der Waals surface area contributed by atoms with Crippen molar-refractivity contribution in [1.82, 2.24) is 20.1 Å². The first kappa shape index (κ1) is 41.7. The predicted octanol–water partition coefficient (Wildman–Crippen LogP) is 7.12. The molecule has 4 aliphatic carbocycles. The Morgan fingerprint density at radius 1 is 0.869 bits per heavy atom. The van der Waals surface area contributed by atoms with E-state index in [0.29, 0.717) is 67.7 Å². The third kappa shape index (κ3) is 7.55. The number of rotatable bonds is 13. The van der Waals surface area contributed by atoms with Gasteiger partial charge < -0.3 is 19.7 Å². The van der Waals surface area contributed by atoms with Crippen molar-refractivity contribution in [2.75, 3.05) is 45.3 Å². The minimum absolute atomic E-state index is 0.0687. The second-order valence-corrected chi connectivity index (χ2v) is 19.3. The smallest absolute Gasteiger partial charge is 0.264 e. The van der Waals surface area contributed by atoms with E-state index in [9.17, 15) is 24.0 Å². The third-order valence-electron chi connectivity index (χ3n) is 16.5. The van der Waals surface area contributed by atoms with Crippen LogP contribution >= 0.6 is 0 Å². The molecule has 0 radical (unpaired) electrons. The number of pyridine rings is 1. The Bertz CT molecular complexity index is 2210. The number of anilines is 1. The van der Waals surface area contributed by atoms with Gasteiger partial charge in [0.15, 0.2) is 0 Å². The van der Waals surface area contributed by atoms with Gasteiger partial charge in [0.1, 0.15) is 6.04 Å². The number of imide groups is 2. The molecule has 2 aromatic carbocycles. The summed E-state index contributed by atoms with van der Waals surface area (Å²) in [6.45, 7) is 7.00. The van der Waals surface area contributed by atoms with E-state index in [1.165, 1.54) is 61.3 Å². The summed E-state index contributed by atoms with van der Waals surface area (Å²) >= 11 is 0. The minimum atomic E-state index is -1.01. The highest BCUT2D eigenvalue weighted by Crippen LogP contribution is 2.69. The van der Waals surface area contributed by atoms with Crippen LogP contribution in [0.1, 0.15) is 123 Å². The largest absolute Gasteiger partial charge is 0.382 e. The van der Waals surface area contributed by atoms with E-state index in [0.717, 1.165) is 35.5 Å². The predicted molar refractivity (Wildman–Crippen MR) is 231 cm³/mol. The Hall–Kier alpha value is -4.68. The van der Waals surface area contributed by atoms with Crippen LogP contribution in [0.25, 0.3) is 10.8 Å². The van der Waals surface area contributed by atoms with Crippen LogP contribution in [0.2, 0.25) is 0 Å². The maximum Gasteiger partial charge on any atom is 0.264 e. The number of benzene rings is 2. The van der Waals surface area contributed by atoms with Crippen molar-refractivity contribution >= 4 is 46.0 Å². The number of ether oxygens (including phenoxy) is 2. The molecule has 4 saturated carbocycles. The van der Waals surface area contributed by atoms with Crippen molar-refractivity contribution in [1.29, 1.82) is 0 Å². The number of piperidine rings is 1. The fourth-order valence-corrected chi connectivity index (χ4v) is 13.2. The van der Waals surface area contributed by atoms with Gasteiger partial charge >= 0.3 is 0 Å². The summed E-state index contributed by atoms with van der Waals surface area (Å²) in [7, 11) is 1.99. The number of carbonyl (C=O) groups is 5. The maximum atomic E-state index is 13.4. The lowest BCUT2D eigenvalue weighted by atomic mass is 9.44. The molecule has 0 bridgehead atoms. The molecule has 12 heteroatoms. The Morgan fingerprint density at radius 2 is 1.67 bits per heavy atom. The zero-order valence-corrected chi connectivity index (χ0v) is 36.0. The molecule has 2 aliphatic heterocycles. The second kappa shape index (κ2) is 16.9. The Labute approximate surface area is 358 Å². The molecule has 324 valence electrons. The highest BCUT2D eigenvalue weighted by molar-refractivity contribution is 6.25. The highest BCUT2D eigenvalue weighted by atomic mass is 16.5. The topological polar surface area (TPSA) is 147 Å². The van der Waals surface area contributed by atoms with Crippen molar-refractivity contribution in [2.45, 2.75) is 109 Å². The van der Waals surface area contributed by atoms with Crippen molar-refractivity contribution in [3.63, 3.8) is 0 Å². The first-order valence-electron chi connectivity index (χ1n) is 22.8. The molecular formula is C49H61N5O7. The second-order valence-electron chi connectivity index (χ2n) is 19.3. The van der Waals surface area contributed by atoms with Gasteiger partial charge in [-0.25, -0.2) is 0 Å². The monoisotopic (exact) mass is 831 g/mol. The Morgan fingerprint density at radius 3 is 2.51 bits per heavy atom. The molecule has 2 N–H and O–H groups in total. The summed E-state index contributed by atoms with van der Waals surface area (Å²) in [5.41, 5.74) is 3.15. The number of aromatic nitrogens is 1. The Balaban J connectivity index is 0.690. The van der Waals surface area contributed by atoms with Crippen LogP contribution in [0.15, 0.2) is 54.9 Å². The standard InChI is InChI=1S/C49H61N5O7/c1-48-19-15-34(28-33(48)9-10-35-38-12-11-37(49(38,2)20-16-39(35)48)31-8-7-30-17-21-50-29-32(30)27-31)53(3)43(56)18-23-60-25-26-61-24-22-51-40-6-4-5-36-44(40)47(59)54(46(36)58)41-13-14-42(55)52-45(41)57/h4-8,17,21,27,29,33-35,37-39,41,51H,9-16,18-20,22-26,28H2,1-3H3,(H,52,55,57)/t33-,34-,35?,37+,38-,39?,41?,48-,49+/m0/s1. The van der Waals surface area contributed by atoms with Gasteiger partial charge in [-0.05, 0) is 140 Å². The third-order valence-corrected chi connectivity index (χ3v) is 16.5. The summed E-state index contributed by atoms with van der Waals surface area (Å²) in [5, 5.41) is 7.93. The molecule has 0 spiro atoms. The quantitative estimate of drug-likeness (QED) is 0.136. The van der Waals surface area contributed by atoms with Crippen molar-refractivity contribution in [3.05, 3.63) is 71.5 Å². The van der Waals surface area contributed by atoms with Crippen molar-refractivity contribution < 1.29 is 33.4 Å². The molecule has 9 atom stereocenters. The van der Waals surface area contributed by atoms with Gasteiger partial charge in [-0.2, -0.15) is 0 Å². The molecule has 3 heterocycles. The van der Waals surface area contributed by atoms with Crippen LogP contribution in [0.3, 0.4) is 0 Å². The van der Waals surface area contributed by atoms with E-state index in [4.69, 9.17) is 9.47 Å². The van der Waals surface area contributed by atoms with E-state index in [1.807, 2.05) is 24.3 Å².